The van der Waals surface area contributed by atoms with Crippen LogP contribution in [0.25, 0.3) is 10.6 Å². The van der Waals surface area contributed by atoms with Crippen molar-refractivity contribution in [1.29, 1.82) is 5.41 Å². The number of aryl methyl sites for hydroxylation is 1. The van der Waals surface area contributed by atoms with Crippen LogP contribution in [-0.4, -0.2) is 21.9 Å². The van der Waals surface area contributed by atoms with Gasteiger partial charge in [-0.1, -0.05) is 12.1 Å². The van der Waals surface area contributed by atoms with Crippen molar-refractivity contribution in [2.45, 2.75) is 19.5 Å². The van der Waals surface area contributed by atoms with Crippen LogP contribution in [-0.2, 0) is 6.42 Å². The van der Waals surface area contributed by atoms with Crippen LogP contribution in [0.5, 0.6) is 5.75 Å². The lowest BCUT2D eigenvalue weighted by Crippen LogP contribution is -2.35. The Morgan fingerprint density at radius 3 is 2.54 bits per heavy atom. The smallest absolute Gasteiger partial charge is 0.143 e. The monoisotopic (exact) mass is 340 g/mol. The third kappa shape index (κ3) is 3.55. The summed E-state index contributed by atoms with van der Waals surface area (Å²) in [5.74, 6) is 0.252. The van der Waals surface area contributed by atoms with Crippen molar-refractivity contribution in [3.8, 4) is 16.3 Å². The van der Waals surface area contributed by atoms with E-state index < -0.39 is 0 Å². The van der Waals surface area contributed by atoms with E-state index in [1.165, 1.54) is 4.88 Å². The summed E-state index contributed by atoms with van der Waals surface area (Å²) in [6.45, 7) is 2.07. The first-order chi connectivity index (χ1) is 11.6. The predicted molar refractivity (Wildman–Crippen MR) is 96.0 cm³/mol. The Kier molecular flexibility index (Phi) is 4.78. The van der Waals surface area contributed by atoms with Gasteiger partial charge < -0.3 is 5.11 Å². The predicted octanol–water partition coefficient (Wildman–Crippen LogP) is 3.07. The lowest BCUT2D eigenvalue weighted by Gasteiger charge is -2.19. The van der Waals surface area contributed by atoms with Crippen molar-refractivity contribution >= 4 is 11.3 Å². The molecule has 1 aromatic carbocycles. The Balaban J connectivity index is 1.93. The Morgan fingerprint density at radius 1 is 1.17 bits per heavy atom. The number of phenols is 1. The molecule has 3 rings (SSSR count). The van der Waals surface area contributed by atoms with Gasteiger partial charge in [-0.25, -0.2) is 4.68 Å². The molecule has 6 heteroatoms. The topological polar surface area (TPSA) is 73.9 Å². The molecule has 3 aromatic rings. The van der Waals surface area contributed by atoms with Crippen molar-refractivity contribution in [3.05, 3.63) is 64.5 Å². The fourth-order valence-electron chi connectivity index (χ4n) is 2.54. The summed E-state index contributed by atoms with van der Waals surface area (Å²) in [5, 5.41) is 25.5. The van der Waals surface area contributed by atoms with Crippen LogP contribution in [0.2, 0.25) is 0 Å². The van der Waals surface area contributed by atoms with Crippen LogP contribution >= 0.6 is 11.3 Å². The molecule has 0 saturated heterocycles. The fraction of sp³-hybridized carbons (Fsp3) is 0.222. The van der Waals surface area contributed by atoms with Gasteiger partial charge in [-0.3, -0.25) is 10.7 Å². The maximum atomic E-state index is 9.41. The Morgan fingerprint density at radius 2 is 1.92 bits per heavy atom. The van der Waals surface area contributed by atoms with Gasteiger partial charge in [-0.05, 0) is 55.9 Å². The van der Waals surface area contributed by atoms with Gasteiger partial charge in [0.1, 0.15) is 23.1 Å². The number of thiophene rings is 1. The van der Waals surface area contributed by atoms with E-state index in [2.05, 4.69) is 29.5 Å². The number of aromatic hydroxyl groups is 1. The zero-order chi connectivity index (χ0) is 17.1. The normalized spacial score (nSPS) is 12.2. The van der Waals surface area contributed by atoms with Crippen LogP contribution < -0.4 is 10.8 Å². The van der Waals surface area contributed by atoms with Crippen molar-refractivity contribution in [2.75, 3.05) is 7.05 Å². The maximum absolute atomic E-state index is 9.41. The number of nitrogens with one attached hydrogen (secondary N) is 2. The fourth-order valence-corrected chi connectivity index (χ4v) is 3.38. The first-order valence-electron chi connectivity index (χ1n) is 7.73. The van der Waals surface area contributed by atoms with E-state index in [0.29, 0.717) is 11.9 Å². The summed E-state index contributed by atoms with van der Waals surface area (Å²) in [4.78, 5) is 2.34. The average Bonchev–Trinajstić information content (AvgIpc) is 3.01. The number of hydrogen-bond acceptors (Lipinski definition) is 5. The van der Waals surface area contributed by atoms with E-state index in [9.17, 15) is 5.11 Å². The Labute approximate surface area is 144 Å². The number of aromatic nitrogens is 2. The molecule has 0 radical (unpaired) electrons. The highest BCUT2D eigenvalue weighted by molar-refractivity contribution is 7.15. The van der Waals surface area contributed by atoms with Gasteiger partial charge in [0.2, 0.25) is 0 Å². The Bertz CT molecular complexity index is 883. The Hall–Kier alpha value is -2.44. The number of rotatable bonds is 5. The quantitative estimate of drug-likeness (QED) is 0.668. The molecule has 2 heterocycles. The molecule has 0 spiro atoms. The highest BCUT2D eigenvalue weighted by Crippen LogP contribution is 2.25. The van der Waals surface area contributed by atoms with E-state index in [4.69, 9.17) is 5.41 Å². The van der Waals surface area contributed by atoms with Gasteiger partial charge in [0.25, 0.3) is 0 Å². The number of nitrogens with zero attached hydrogens (tertiary/aromatic N) is 2. The summed E-state index contributed by atoms with van der Waals surface area (Å²) in [5.41, 5.74) is 2.29. The van der Waals surface area contributed by atoms with E-state index in [0.717, 1.165) is 16.1 Å². The molecule has 124 valence electrons. The summed E-state index contributed by atoms with van der Waals surface area (Å²) < 4.78 is 1.71. The second-order valence-corrected chi connectivity index (χ2v) is 6.92. The van der Waals surface area contributed by atoms with Crippen LogP contribution in [0.15, 0.2) is 48.5 Å². The average molecular weight is 340 g/mol. The minimum Gasteiger partial charge on any atom is -0.508 e. The second kappa shape index (κ2) is 6.98. The van der Waals surface area contributed by atoms with E-state index >= 15 is 0 Å². The minimum absolute atomic E-state index is 0.136. The highest BCUT2D eigenvalue weighted by atomic mass is 32.1. The molecular formula is C18H20N4OS. The van der Waals surface area contributed by atoms with E-state index in [-0.39, 0.29) is 11.9 Å². The van der Waals surface area contributed by atoms with Gasteiger partial charge in [0.15, 0.2) is 0 Å². The number of benzene rings is 1. The van der Waals surface area contributed by atoms with Gasteiger partial charge in [0, 0.05) is 11.3 Å². The number of hydrogen-bond donors (Lipinski definition) is 3. The molecule has 1 atom stereocenters. The van der Waals surface area contributed by atoms with Crippen LogP contribution in [0.1, 0.15) is 16.6 Å². The molecule has 3 N–H and O–H groups in total. The van der Waals surface area contributed by atoms with Crippen molar-refractivity contribution in [2.24, 2.45) is 0 Å². The molecule has 0 saturated carbocycles. The van der Waals surface area contributed by atoms with Crippen molar-refractivity contribution in [1.82, 2.24) is 15.1 Å². The molecular weight excluding hydrogens is 320 g/mol. The maximum Gasteiger partial charge on any atom is 0.143 e. The standard InChI is InChI=1S/C18H20N4OS/c1-12-3-9-16(24-12)15-8-10-17(19)22(21-15)18(20-2)11-13-4-6-14(23)7-5-13/h3-10,18-20,23H,11H2,1-2H3. The first-order valence-corrected chi connectivity index (χ1v) is 8.55. The van der Waals surface area contributed by atoms with E-state index in [1.807, 2.05) is 25.2 Å². The molecule has 5 nitrogen and oxygen atoms in total. The first kappa shape index (κ1) is 16.4. The zero-order valence-corrected chi connectivity index (χ0v) is 14.5. The molecule has 2 aromatic heterocycles. The van der Waals surface area contributed by atoms with Crippen molar-refractivity contribution < 1.29 is 5.11 Å². The molecule has 0 bridgehead atoms. The van der Waals surface area contributed by atoms with Crippen molar-refractivity contribution in [3.63, 3.8) is 0 Å². The third-order valence-electron chi connectivity index (χ3n) is 3.85. The zero-order valence-electron chi connectivity index (χ0n) is 13.7. The molecule has 0 aliphatic rings. The molecule has 24 heavy (non-hydrogen) atoms. The molecule has 0 fully saturated rings. The molecule has 0 amide bonds. The summed E-state index contributed by atoms with van der Waals surface area (Å²) >= 11 is 1.70. The van der Waals surface area contributed by atoms with Crippen LogP contribution in [0, 0.1) is 12.3 Å². The minimum atomic E-state index is -0.136. The van der Waals surface area contributed by atoms with E-state index in [1.54, 1.807) is 34.2 Å². The SMILES string of the molecule is CNC(Cc1ccc(O)cc1)n1nc(-c2ccc(C)s2)ccc1=N. The largest absolute Gasteiger partial charge is 0.508 e. The lowest BCUT2D eigenvalue weighted by molar-refractivity contribution is 0.373. The molecule has 0 aliphatic heterocycles. The summed E-state index contributed by atoms with van der Waals surface area (Å²) in [6.07, 6.45) is 0.538. The third-order valence-corrected chi connectivity index (χ3v) is 4.87. The molecule has 1 unspecified atom stereocenters. The summed E-state index contributed by atoms with van der Waals surface area (Å²) in [6, 6.07) is 14.9. The van der Waals surface area contributed by atoms with Gasteiger partial charge in [-0.2, -0.15) is 5.10 Å². The molecule has 0 aliphatic carbocycles. The highest BCUT2D eigenvalue weighted by Gasteiger charge is 2.13. The number of likely N-dealkylation sites (N-methyl/N-ethyl adjacent to an activating group) is 1. The second-order valence-electron chi connectivity index (χ2n) is 5.63. The van der Waals surface area contributed by atoms with Gasteiger partial charge in [-0.15, -0.1) is 11.3 Å². The van der Waals surface area contributed by atoms with Crippen LogP contribution in [0.4, 0.5) is 0 Å². The van der Waals surface area contributed by atoms with Crippen LogP contribution in [0.3, 0.4) is 0 Å². The lowest BCUT2D eigenvalue weighted by atomic mass is 10.1. The number of phenolic OH excluding ortho intramolecular Hbond substituents is 1. The van der Waals surface area contributed by atoms with Gasteiger partial charge >= 0.3 is 0 Å². The van der Waals surface area contributed by atoms with Gasteiger partial charge in [0.05, 0.1) is 4.88 Å². The summed E-state index contributed by atoms with van der Waals surface area (Å²) in [7, 11) is 1.86.